The van der Waals surface area contributed by atoms with E-state index in [1.165, 1.54) is 6.92 Å². The molecule has 0 amide bonds. The average Bonchev–Trinajstić information content (AvgIpc) is 2.90. The minimum atomic E-state index is -1.42. The summed E-state index contributed by atoms with van der Waals surface area (Å²) < 4.78 is 33.7. The number of ether oxygens (including phenoxy) is 6. The maximum atomic E-state index is 12.1. The first kappa shape index (κ1) is 31.1. The lowest BCUT2D eigenvalue weighted by molar-refractivity contribution is -0.288. The molecule has 1 saturated heterocycles. The zero-order valence-corrected chi connectivity index (χ0v) is 23.2. The van der Waals surface area contributed by atoms with E-state index >= 15 is 0 Å². The number of esters is 4. The molecule has 6 atom stereocenters. The van der Waals surface area contributed by atoms with E-state index in [9.17, 15) is 29.1 Å². The minimum absolute atomic E-state index is 0.258. The molecule has 1 unspecified atom stereocenters. The fourth-order valence-electron chi connectivity index (χ4n) is 4.33. The maximum Gasteiger partial charge on any atom is 0.310 e. The van der Waals surface area contributed by atoms with Crippen LogP contribution in [0.4, 0.5) is 0 Å². The third kappa shape index (κ3) is 8.27. The first-order valence-electron chi connectivity index (χ1n) is 12.8. The normalized spacial score (nSPS) is 22.5. The number of rotatable bonds is 10. The van der Waals surface area contributed by atoms with Gasteiger partial charge in [0.1, 0.15) is 18.5 Å². The Morgan fingerprint density at radius 3 is 2.02 bits per heavy atom. The van der Waals surface area contributed by atoms with Crippen LogP contribution >= 0.6 is 0 Å². The van der Waals surface area contributed by atoms with Crippen molar-refractivity contribution in [3.8, 4) is 16.9 Å². The van der Waals surface area contributed by atoms with Crippen LogP contribution in [-0.4, -0.2) is 72.3 Å². The Labute approximate surface area is 236 Å². The highest BCUT2D eigenvalue weighted by Gasteiger charge is 2.53. The van der Waals surface area contributed by atoms with Gasteiger partial charge in [-0.2, -0.15) is 0 Å². The summed E-state index contributed by atoms with van der Waals surface area (Å²) in [6.45, 7) is 5.75. The first-order valence-corrected chi connectivity index (χ1v) is 12.8. The Bertz CT molecular complexity index is 1290. The Morgan fingerprint density at radius 1 is 0.805 bits per heavy atom. The molecule has 220 valence electrons. The molecule has 0 radical (unpaired) electrons. The van der Waals surface area contributed by atoms with Gasteiger partial charge in [-0.3, -0.25) is 24.0 Å². The van der Waals surface area contributed by atoms with Gasteiger partial charge in [-0.15, -0.1) is 0 Å². The standard InChI is InChI=1S/C29H32O12/c1-15(28(34)35)20-9-8-10-21(13-20)22-11-6-7-12-23(22)40-29-27(39-19(5)33)26(38-18(4)32)25(37-17(3)31)24(41-29)14-36-16(2)30/h6-13,15,24-27,29H,14H2,1-5H3,(H,34,35)/t15?,24-,25-,26+,27+,29+/m1/s1. The van der Waals surface area contributed by atoms with Crippen molar-refractivity contribution in [3.05, 3.63) is 54.1 Å². The van der Waals surface area contributed by atoms with Gasteiger partial charge in [0, 0.05) is 33.3 Å². The zero-order valence-electron chi connectivity index (χ0n) is 23.2. The molecule has 1 aliphatic heterocycles. The predicted molar refractivity (Wildman–Crippen MR) is 141 cm³/mol. The second-order valence-electron chi connectivity index (χ2n) is 9.37. The summed E-state index contributed by atoms with van der Waals surface area (Å²) in [5.41, 5.74) is 1.76. The average molecular weight is 573 g/mol. The van der Waals surface area contributed by atoms with Gasteiger partial charge >= 0.3 is 29.8 Å². The molecule has 3 rings (SSSR count). The van der Waals surface area contributed by atoms with Crippen molar-refractivity contribution in [1.82, 2.24) is 0 Å². The van der Waals surface area contributed by atoms with E-state index in [1.54, 1.807) is 55.5 Å². The van der Waals surface area contributed by atoms with Crippen LogP contribution in [0.15, 0.2) is 48.5 Å². The summed E-state index contributed by atoms with van der Waals surface area (Å²) in [6.07, 6.45) is -6.69. The predicted octanol–water partition coefficient (Wildman–Crippen LogP) is 3.00. The smallest absolute Gasteiger partial charge is 0.310 e. The molecule has 1 heterocycles. The molecule has 1 fully saturated rings. The van der Waals surface area contributed by atoms with Crippen molar-refractivity contribution in [2.45, 2.75) is 71.2 Å². The molecule has 0 spiro atoms. The number of aliphatic carboxylic acids is 1. The van der Waals surface area contributed by atoms with E-state index in [0.29, 0.717) is 16.7 Å². The van der Waals surface area contributed by atoms with E-state index in [-0.39, 0.29) is 5.75 Å². The highest BCUT2D eigenvalue weighted by molar-refractivity contribution is 5.78. The van der Waals surface area contributed by atoms with Crippen LogP contribution in [0, 0.1) is 0 Å². The fourth-order valence-corrected chi connectivity index (χ4v) is 4.33. The van der Waals surface area contributed by atoms with E-state index in [4.69, 9.17) is 28.4 Å². The SMILES string of the molecule is CC(=O)OC[C@H]1O[C@H](Oc2ccccc2-c2cccc(C(C)C(=O)O)c2)[C@@H](OC(C)=O)[C@@H](OC(C)=O)[C@@H]1OC(C)=O. The molecular formula is C29H32O12. The molecule has 0 saturated carbocycles. The Morgan fingerprint density at radius 2 is 1.41 bits per heavy atom. The van der Waals surface area contributed by atoms with E-state index in [0.717, 1.165) is 20.8 Å². The number of carboxylic acid groups (broad SMARTS) is 1. The molecule has 0 bridgehead atoms. The molecule has 0 aromatic heterocycles. The topological polar surface area (TPSA) is 161 Å². The molecule has 1 N–H and O–H groups in total. The summed E-state index contributed by atoms with van der Waals surface area (Å²) in [6, 6.07) is 13.7. The zero-order chi connectivity index (χ0) is 30.3. The molecule has 1 aliphatic rings. The third-order valence-electron chi connectivity index (χ3n) is 6.15. The number of carboxylic acids is 1. The Kier molecular flexibility index (Phi) is 10.4. The first-order chi connectivity index (χ1) is 19.4. The summed E-state index contributed by atoms with van der Waals surface area (Å²) >= 11 is 0. The van der Waals surface area contributed by atoms with Gasteiger partial charge in [0.05, 0.1) is 5.92 Å². The number of para-hydroxylation sites is 1. The Balaban J connectivity index is 2.06. The summed E-state index contributed by atoms with van der Waals surface area (Å²) in [7, 11) is 0. The summed E-state index contributed by atoms with van der Waals surface area (Å²) in [5.74, 6) is -4.39. The van der Waals surface area contributed by atoms with Crippen molar-refractivity contribution >= 4 is 29.8 Å². The van der Waals surface area contributed by atoms with Crippen molar-refractivity contribution in [1.29, 1.82) is 0 Å². The van der Waals surface area contributed by atoms with E-state index < -0.39 is 73.1 Å². The molecule has 41 heavy (non-hydrogen) atoms. The van der Waals surface area contributed by atoms with Crippen LogP contribution in [-0.2, 0) is 47.7 Å². The van der Waals surface area contributed by atoms with Crippen LogP contribution in [0.2, 0.25) is 0 Å². The lowest BCUT2D eigenvalue weighted by atomic mass is 9.95. The number of hydrogen-bond acceptors (Lipinski definition) is 11. The van der Waals surface area contributed by atoms with Gasteiger partial charge in [0.2, 0.25) is 12.4 Å². The van der Waals surface area contributed by atoms with Crippen molar-refractivity contribution in [2.24, 2.45) is 0 Å². The number of carbonyl (C=O) groups excluding carboxylic acids is 4. The number of benzene rings is 2. The summed E-state index contributed by atoms with van der Waals surface area (Å²) in [4.78, 5) is 59.2. The quantitative estimate of drug-likeness (QED) is 0.328. The molecule has 12 nitrogen and oxygen atoms in total. The van der Waals surface area contributed by atoms with Gasteiger partial charge in [-0.1, -0.05) is 42.5 Å². The van der Waals surface area contributed by atoms with Gasteiger partial charge in [-0.05, 0) is 24.1 Å². The fraction of sp³-hybridized carbons (Fsp3) is 0.414. The second-order valence-corrected chi connectivity index (χ2v) is 9.37. The highest BCUT2D eigenvalue weighted by atomic mass is 16.7. The van der Waals surface area contributed by atoms with Gasteiger partial charge < -0.3 is 33.5 Å². The lowest BCUT2D eigenvalue weighted by Gasteiger charge is -2.44. The number of carbonyl (C=O) groups is 5. The van der Waals surface area contributed by atoms with Crippen LogP contribution in [0.5, 0.6) is 5.75 Å². The van der Waals surface area contributed by atoms with Gasteiger partial charge in [0.25, 0.3) is 0 Å². The monoisotopic (exact) mass is 572 g/mol. The maximum absolute atomic E-state index is 12.1. The van der Waals surface area contributed by atoms with Crippen LogP contribution in [0.1, 0.15) is 46.1 Å². The van der Waals surface area contributed by atoms with E-state index in [2.05, 4.69) is 0 Å². The Hall–Kier alpha value is -4.45. The minimum Gasteiger partial charge on any atom is -0.481 e. The largest absolute Gasteiger partial charge is 0.481 e. The van der Waals surface area contributed by atoms with Crippen molar-refractivity contribution in [3.63, 3.8) is 0 Å². The second kappa shape index (κ2) is 13.8. The summed E-state index contributed by atoms with van der Waals surface area (Å²) in [5, 5.41) is 9.45. The highest BCUT2D eigenvalue weighted by Crippen LogP contribution is 2.36. The van der Waals surface area contributed by atoms with Gasteiger partial charge in [-0.25, -0.2) is 0 Å². The molecule has 12 heteroatoms. The molecular weight excluding hydrogens is 540 g/mol. The molecule has 2 aromatic carbocycles. The van der Waals surface area contributed by atoms with Crippen molar-refractivity contribution < 1.29 is 57.5 Å². The van der Waals surface area contributed by atoms with Crippen molar-refractivity contribution in [2.75, 3.05) is 6.61 Å². The van der Waals surface area contributed by atoms with Crippen LogP contribution in [0.3, 0.4) is 0 Å². The van der Waals surface area contributed by atoms with Crippen LogP contribution in [0.25, 0.3) is 11.1 Å². The lowest BCUT2D eigenvalue weighted by Crippen LogP contribution is -2.63. The van der Waals surface area contributed by atoms with Gasteiger partial charge in [0.15, 0.2) is 12.2 Å². The van der Waals surface area contributed by atoms with E-state index in [1.807, 2.05) is 0 Å². The molecule has 0 aliphatic carbocycles. The molecule has 2 aromatic rings. The number of hydrogen-bond donors (Lipinski definition) is 1. The third-order valence-corrected chi connectivity index (χ3v) is 6.15. The van der Waals surface area contributed by atoms with Crippen LogP contribution < -0.4 is 4.74 Å².